The molecule has 33 heavy (non-hydrogen) atoms. The summed E-state index contributed by atoms with van der Waals surface area (Å²) in [5, 5.41) is 0. The smallest absolute Gasteiger partial charge is 0.172 e. The van der Waals surface area contributed by atoms with Gasteiger partial charge in [0, 0.05) is 12.1 Å². The average Bonchev–Trinajstić information content (AvgIpc) is 2.84. The number of methoxy groups -OCH3 is 1. The van der Waals surface area contributed by atoms with Crippen LogP contribution in [0.15, 0.2) is 91.0 Å². The molecule has 0 unspecified atom stereocenters. The molecule has 0 heterocycles. The van der Waals surface area contributed by atoms with Crippen LogP contribution in [-0.4, -0.2) is 7.11 Å². The molecule has 4 heteroatoms. The number of aryl methyl sites for hydroxylation is 2. The summed E-state index contributed by atoms with van der Waals surface area (Å²) in [5.74, 6) is 3.46. The van der Waals surface area contributed by atoms with E-state index in [9.17, 15) is 0 Å². The highest BCUT2D eigenvalue weighted by Gasteiger charge is 2.14. The second-order valence-corrected chi connectivity index (χ2v) is 7.90. The standard InChI is InChI=1S/C29H28O4/c1-21-14-26(31-19-23-10-6-4-7-11-23)17-27(15-21)33-29-22(2)16-25(30-3)18-28(29)32-20-24-12-8-5-9-13-24/h4-18H,19-20H2,1-3H3. The van der Waals surface area contributed by atoms with Gasteiger partial charge in [-0.25, -0.2) is 0 Å². The first-order valence-electron chi connectivity index (χ1n) is 10.9. The summed E-state index contributed by atoms with van der Waals surface area (Å²) in [6.45, 7) is 4.94. The third kappa shape index (κ3) is 6.07. The molecule has 4 aromatic rings. The van der Waals surface area contributed by atoms with Crippen molar-refractivity contribution in [1.82, 2.24) is 0 Å². The molecule has 0 saturated carbocycles. The van der Waals surface area contributed by atoms with Crippen LogP contribution in [0.2, 0.25) is 0 Å². The van der Waals surface area contributed by atoms with E-state index >= 15 is 0 Å². The van der Waals surface area contributed by atoms with Crippen LogP contribution in [0.1, 0.15) is 22.3 Å². The van der Waals surface area contributed by atoms with Crippen LogP contribution in [0.4, 0.5) is 0 Å². The molecule has 0 aliphatic heterocycles. The van der Waals surface area contributed by atoms with Gasteiger partial charge in [0.05, 0.1) is 7.11 Å². The zero-order valence-electron chi connectivity index (χ0n) is 19.2. The lowest BCUT2D eigenvalue weighted by molar-refractivity contribution is 0.287. The van der Waals surface area contributed by atoms with E-state index in [-0.39, 0.29) is 0 Å². The van der Waals surface area contributed by atoms with Crippen molar-refractivity contribution < 1.29 is 18.9 Å². The highest BCUT2D eigenvalue weighted by atomic mass is 16.5. The summed E-state index contributed by atoms with van der Waals surface area (Å²) in [4.78, 5) is 0. The lowest BCUT2D eigenvalue weighted by Crippen LogP contribution is -2.00. The van der Waals surface area contributed by atoms with Crippen LogP contribution in [0.3, 0.4) is 0 Å². The van der Waals surface area contributed by atoms with Crippen molar-refractivity contribution >= 4 is 0 Å². The van der Waals surface area contributed by atoms with Crippen molar-refractivity contribution in [2.24, 2.45) is 0 Å². The number of benzene rings is 4. The number of hydrogen-bond acceptors (Lipinski definition) is 4. The second kappa shape index (κ2) is 10.6. The van der Waals surface area contributed by atoms with Crippen LogP contribution < -0.4 is 18.9 Å². The van der Waals surface area contributed by atoms with Gasteiger partial charge in [0.2, 0.25) is 0 Å². The SMILES string of the molecule is COc1cc(C)c(Oc2cc(C)cc(OCc3ccccc3)c2)c(OCc2ccccc2)c1. The molecule has 4 rings (SSSR count). The molecular weight excluding hydrogens is 412 g/mol. The van der Waals surface area contributed by atoms with Gasteiger partial charge in [-0.1, -0.05) is 60.7 Å². The van der Waals surface area contributed by atoms with Crippen molar-refractivity contribution in [2.45, 2.75) is 27.1 Å². The van der Waals surface area contributed by atoms with Crippen molar-refractivity contribution in [1.29, 1.82) is 0 Å². The van der Waals surface area contributed by atoms with Crippen LogP contribution in [-0.2, 0) is 13.2 Å². The number of ether oxygens (including phenoxy) is 4. The highest BCUT2D eigenvalue weighted by Crippen LogP contribution is 2.40. The van der Waals surface area contributed by atoms with Crippen molar-refractivity contribution in [3.05, 3.63) is 113 Å². The van der Waals surface area contributed by atoms with Crippen LogP contribution in [0, 0.1) is 13.8 Å². The Kier molecular flexibility index (Phi) is 7.16. The fraction of sp³-hybridized carbons (Fsp3) is 0.172. The quantitative estimate of drug-likeness (QED) is 0.274. The Morgan fingerprint density at radius 2 is 1.21 bits per heavy atom. The van der Waals surface area contributed by atoms with Crippen molar-refractivity contribution in [3.8, 4) is 28.7 Å². The summed E-state index contributed by atoms with van der Waals surface area (Å²) in [7, 11) is 1.65. The molecular formula is C29H28O4. The Balaban J connectivity index is 1.56. The summed E-state index contributed by atoms with van der Waals surface area (Å²) < 4.78 is 24.0. The van der Waals surface area contributed by atoms with Gasteiger partial charge >= 0.3 is 0 Å². The van der Waals surface area contributed by atoms with Crippen LogP contribution in [0.25, 0.3) is 0 Å². The van der Waals surface area contributed by atoms with Crippen LogP contribution in [0.5, 0.6) is 28.7 Å². The zero-order chi connectivity index (χ0) is 23.0. The molecule has 0 aromatic heterocycles. The normalized spacial score (nSPS) is 10.5. The van der Waals surface area contributed by atoms with Gasteiger partial charge < -0.3 is 18.9 Å². The Morgan fingerprint density at radius 3 is 1.85 bits per heavy atom. The maximum Gasteiger partial charge on any atom is 0.172 e. The van der Waals surface area contributed by atoms with E-state index in [2.05, 4.69) is 0 Å². The van der Waals surface area contributed by atoms with E-state index in [0.29, 0.717) is 30.5 Å². The molecule has 0 bridgehead atoms. The van der Waals surface area contributed by atoms with Gasteiger partial charge in [0.1, 0.15) is 30.5 Å². The average molecular weight is 441 g/mol. The molecule has 0 aliphatic carbocycles. The molecule has 0 spiro atoms. The van der Waals surface area contributed by atoms with Gasteiger partial charge in [-0.3, -0.25) is 0 Å². The number of hydrogen-bond donors (Lipinski definition) is 0. The van der Waals surface area contributed by atoms with E-state index in [4.69, 9.17) is 18.9 Å². The lowest BCUT2D eigenvalue weighted by Gasteiger charge is -2.17. The third-order valence-electron chi connectivity index (χ3n) is 5.18. The summed E-state index contributed by atoms with van der Waals surface area (Å²) >= 11 is 0. The predicted octanol–water partition coefficient (Wildman–Crippen LogP) is 7.26. The molecule has 0 amide bonds. The topological polar surface area (TPSA) is 36.9 Å². The molecule has 4 nitrogen and oxygen atoms in total. The molecule has 0 aliphatic rings. The third-order valence-corrected chi connectivity index (χ3v) is 5.18. The Bertz CT molecular complexity index is 1190. The molecule has 0 fully saturated rings. The minimum Gasteiger partial charge on any atom is -0.497 e. The van der Waals surface area contributed by atoms with Crippen molar-refractivity contribution in [2.75, 3.05) is 7.11 Å². The maximum absolute atomic E-state index is 6.34. The second-order valence-electron chi connectivity index (χ2n) is 7.90. The molecule has 0 saturated heterocycles. The van der Waals surface area contributed by atoms with E-state index < -0.39 is 0 Å². The maximum atomic E-state index is 6.34. The first kappa shape index (κ1) is 22.3. The molecule has 0 N–H and O–H groups in total. The minimum absolute atomic E-state index is 0.434. The van der Waals surface area contributed by atoms with E-state index in [1.807, 2.05) is 105 Å². The predicted molar refractivity (Wildman–Crippen MR) is 131 cm³/mol. The van der Waals surface area contributed by atoms with Crippen LogP contribution >= 0.6 is 0 Å². The largest absolute Gasteiger partial charge is 0.497 e. The fourth-order valence-corrected chi connectivity index (χ4v) is 3.52. The Morgan fingerprint density at radius 1 is 0.606 bits per heavy atom. The van der Waals surface area contributed by atoms with E-state index in [1.165, 1.54) is 0 Å². The first-order valence-corrected chi connectivity index (χ1v) is 10.9. The molecule has 168 valence electrons. The van der Waals surface area contributed by atoms with Crippen molar-refractivity contribution in [3.63, 3.8) is 0 Å². The first-order chi connectivity index (χ1) is 16.1. The lowest BCUT2D eigenvalue weighted by atomic mass is 10.1. The molecule has 4 aromatic carbocycles. The summed E-state index contributed by atoms with van der Waals surface area (Å²) in [6, 6.07) is 29.8. The Hall–Kier alpha value is -3.92. The van der Waals surface area contributed by atoms with Gasteiger partial charge in [0.25, 0.3) is 0 Å². The monoisotopic (exact) mass is 440 g/mol. The highest BCUT2D eigenvalue weighted by molar-refractivity contribution is 5.53. The van der Waals surface area contributed by atoms with Gasteiger partial charge in [-0.15, -0.1) is 0 Å². The molecule has 0 atom stereocenters. The van der Waals surface area contributed by atoms with Gasteiger partial charge in [-0.2, -0.15) is 0 Å². The van der Waals surface area contributed by atoms with E-state index in [0.717, 1.165) is 33.8 Å². The summed E-state index contributed by atoms with van der Waals surface area (Å²) in [5.41, 5.74) is 4.17. The Labute approximate surface area is 195 Å². The number of rotatable bonds is 9. The summed E-state index contributed by atoms with van der Waals surface area (Å²) in [6.07, 6.45) is 0. The molecule has 0 radical (unpaired) electrons. The minimum atomic E-state index is 0.434. The van der Waals surface area contributed by atoms with Gasteiger partial charge in [-0.05, 0) is 54.3 Å². The fourth-order valence-electron chi connectivity index (χ4n) is 3.52. The van der Waals surface area contributed by atoms with Gasteiger partial charge in [0.15, 0.2) is 11.5 Å². The zero-order valence-corrected chi connectivity index (χ0v) is 19.2. The van der Waals surface area contributed by atoms with E-state index in [1.54, 1.807) is 7.11 Å².